The molecule has 2 aliphatic heterocycles. The number of allylic oxidation sites excluding steroid dienone is 5. The van der Waals surface area contributed by atoms with Crippen molar-refractivity contribution in [3.05, 3.63) is 47.8 Å². The number of rotatable bonds is 4. The van der Waals surface area contributed by atoms with Gasteiger partial charge >= 0.3 is 11.9 Å². The zero-order chi connectivity index (χ0) is 20.1. The Morgan fingerprint density at radius 1 is 1.04 bits per heavy atom. The molecule has 0 aromatic rings. The first kappa shape index (κ1) is 20.1. The van der Waals surface area contributed by atoms with E-state index in [0.29, 0.717) is 24.2 Å². The number of carbonyl (C=O) groups excluding carboxylic acids is 2. The van der Waals surface area contributed by atoms with Gasteiger partial charge in [-0.25, -0.2) is 9.59 Å². The minimum absolute atomic E-state index is 0.166. The Bertz CT molecular complexity index is 757. The van der Waals surface area contributed by atoms with Gasteiger partial charge in [0.2, 0.25) is 0 Å². The van der Waals surface area contributed by atoms with Gasteiger partial charge in [-0.2, -0.15) is 0 Å². The molecule has 2 fully saturated rings. The number of aliphatic carboxylic acids is 1. The van der Waals surface area contributed by atoms with Crippen molar-refractivity contribution in [2.24, 2.45) is 11.8 Å². The summed E-state index contributed by atoms with van der Waals surface area (Å²) in [5.41, 5.74) is 0.475. The number of carboxylic acid groups (broad SMARTS) is 1. The Balaban J connectivity index is 1.88. The van der Waals surface area contributed by atoms with Crippen LogP contribution in [-0.2, 0) is 23.9 Å². The van der Waals surface area contributed by atoms with Gasteiger partial charge < -0.3 is 14.6 Å². The highest BCUT2D eigenvalue weighted by Crippen LogP contribution is 2.45. The minimum Gasteiger partial charge on any atom is -0.489 e. The summed E-state index contributed by atoms with van der Waals surface area (Å²) < 4.78 is 11.7. The van der Waals surface area contributed by atoms with E-state index in [1.165, 1.54) is 6.08 Å². The van der Waals surface area contributed by atoms with Crippen molar-refractivity contribution in [3.8, 4) is 0 Å². The molecule has 0 unspecified atom stereocenters. The Labute approximate surface area is 164 Å². The van der Waals surface area contributed by atoms with E-state index in [1.54, 1.807) is 24.3 Å². The molecule has 0 aromatic heterocycles. The number of hydrogen-bond donors (Lipinski definition) is 1. The number of Topliss-reactive ketones (excluding diaryl/α,β-unsaturated/α-hetero) is 1. The van der Waals surface area contributed by atoms with Gasteiger partial charge in [-0.15, -0.1) is 0 Å². The number of carbonyl (C=O) groups is 3. The van der Waals surface area contributed by atoms with Crippen LogP contribution in [0.4, 0.5) is 0 Å². The fraction of sp³-hybridized carbons (Fsp3) is 0.500. The lowest BCUT2D eigenvalue weighted by Gasteiger charge is -2.33. The van der Waals surface area contributed by atoms with Crippen molar-refractivity contribution >= 4 is 17.7 Å². The second-order valence-corrected chi connectivity index (χ2v) is 7.51. The molecule has 3 rings (SSSR count). The summed E-state index contributed by atoms with van der Waals surface area (Å²) in [5, 5.41) is 8.58. The number of ether oxygens (including phenoxy) is 2. The standard InChI is InChI=1S/C22H26O6/c1-14-8-6-7-9-15-16(23)12-13-18-20(15)21(22(26)27-14)17(28-18)10-4-2-3-5-11-19(24)25/h2-5,10-11,14-15,18,20H,6-9,12-13H2,1H3,(H,24,25)/b3-2+,10-4+,11-5+/t14-,15-,18-,20+/m0/s1. The SMILES string of the molecule is C[C@H]1CCCC[C@H]2C(=O)CC[C@@H]3OC(/C=C/C=C/C=C/C(=O)O)=C(C(=O)O1)[C@@H]32. The van der Waals surface area contributed by atoms with Crippen LogP contribution in [0.3, 0.4) is 0 Å². The van der Waals surface area contributed by atoms with Gasteiger partial charge in [-0.3, -0.25) is 4.79 Å². The summed E-state index contributed by atoms with van der Waals surface area (Å²) in [6.45, 7) is 1.89. The van der Waals surface area contributed by atoms with Gasteiger partial charge in [0.15, 0.2) is 0 Å². The lowest BCUT2D eigenvalue weighted by Crippen LogP contribution is -2.39. The predicted octanol–water partition coefficient (Wildman–Crippen LogP) is 3.49. The van der Waals surface area contributed by atoms with Crippen molar-refractivity contribution in [2.45, 2.75) is 57.7 Å². The molecule has 0 radical (unpaired) electrons. The molecule has 1 aliphatic carbocycles. The molecule has 0 bridgehead atoms. The number of cyclic esters (lactones) is 1. The topological polar surface area (TPSA) is 89.9 Å². The van der Waals surface area contributed by atoms with Gasteiger partial charge in [0, 0.05) is 24.3 Å². The highest BCUT2D eigenvalue weighted by molar-refractivity contribution is 5.93. The van der Waals surface area contributed by atoms with Crippen LogP contribution in [0.25, 0.3) is 0 Å². The van der Waals surface area contributed by atoms with E-state index < -0.39 is 11.9 Å². The Kier molecular flexibility index (Phi) is 6.49. The van der Waals surface area contributed by atoms with E-state index in [0.717, 1.165) is 31.8 Å². The summed E-state index contributed by atoms with van der Waals surface area (Å²) in [6, 6.07) is 0. The van der Waals surface area contributed by atoms with E-state index in [2.05, 4.69) is 0 Å². The molecule has 0 aromatic carbocycles. The van der Waals surface area contributed by atoms with Crippen molar-refractivity contribution in [2.75, 3.05) is 0 Å². The van der Waals surface area contributed by atoms with E-state index in [1.807, 2.05) is 6.92 Å². The Morgan fingerprint density at radius 2 is 1.79 bits per heavy atom. The van der Waals surface area contributed by atoms with E-state index in [9.17, 15) is 14.4 Å². The molecule has 6 nitrogen and oxygen atoms in total. The summed E-state index contributed by atoms with van der Waals surface area (Å²) in [6.07, 6.45) is 13.3. The number of esters is 1. The minimum atomic E-state index is -1.02. The zero-order valence-electron chi connectivity index (χ0n) is 16.0. The molecule has 0 spiro atoms. The van der Waals surface area contributed by atoms with Crippen molar-refractivity contribution in [1.82, 2.24) is 0 Å². The molecule has 28 heavy (non-hydrogen) atoms. The average Bonchev–Trinajstić information content (AvgIpc) is 3.01. The zero-order valence-corrected chi connectivity index (χ0v) is 16.0. The van der Waals surface area contributed by atoms with Crippen LogP contribution in [-0.4, -0.2) is 35.0 Å². The third kappa shape index (κ3) is 4.61. The van der Waals surface area contributed by atoms with Crippen LogP contribution in [0.2, 0.25) is 0 Å². The maximum atomic E-state index is 12.9. The lowest BCUT2D eigenvalue weighted by molar-refractivity contribution is -0.145. The van der Waals surface area contributed by atoms with E-state index in [-0.39, 0.29) is 29.8 Å². The van der Waals surface area contributed by atoms with Gasteiger partial charge in [-0.05, 0) is 38.7 Å². The normalized spacial score (nSPS) is 31.3. The van der Waals surface area contributed by atoms with Crippen molar-refractivity contribution in [3.63, 3.8) is 0 Å². The number of ketones is 1. The van der Waals surface area contributed by atoms with Crippen LogP contribution >= 0.6 is 0 Å². The molecule has 6 heteroatoms. The second-order valence-electron chi connectivity index (χ2n) is 7.51. The maximum absolute atomic E-state index is 12.9. The molecule has 4 atom stereocenters. The van der Waals surface area contributed by atoms with Gasteiger partial charge in [0.25, 0.3) is 0 Å². The molecule has 2 heterocycles. The smallest absolute Gasteiger partial charge is 0.338 e. The fourth-order valence-corrected chi connectivity index (χ4v) is 4.24. The Hall–Kier alpha value is -2.63. The first-order valence-corrected chi connectivity index (χ1v) is 9.86. The Morgan fingerprint density at radius 3 is 2.57 bits per heavy atom. The third-order valence-corrected chi connectivity index (χ3v) is 5.52. The van der Waals surface area contributed by atoms with Gasteiger partial charge in [0.05, 0.1) is 11.7 Å². The average molecular weight is 386 g/mol. The third-order valence-electron chi connectivity index (χ3n) is 5.52. The van der Waals surface area contributed by atoms with Crippen LogP contribution in [0, 0.1) is 11.8 Å². The van der Waals surface area contributed by atoms with Gasteiger partial charge in [-0.1, -0.05) is 30.7 Å². The van der Waals surface area contributed by atoms with Crippen LogP contribution in [0.1, 0.15) is 45.4 Å². The number of hydrogen-bond acceptors (Lipinski definition) is 5. The largest absolute Gasteiger partial charge is 0.489 e. The van der Waals surface area contributed by atoms with E-state index in [4.69, 9.17) is 14.6 Å². The summed E-state index contributed by atoms with van der Waals surface area (Å²) in [7, 11) is 0. The van der Waals surface area contributed by atoms with E-state index >= 15 is 0 Å². The van der Waals surface area contributed by atoms with Crippen LogP contribution < -0.4 is 0 Å². The maximum Gasteiger partial charge on any atom is 0.338 e. The highest BCUT2D eigenvalue weighted by Gasteiger charge is 2.49. The first-order chi connectivity index (χ1) is 13.5. The molecule has 1 saturated heterocycles. The fourth-order valence-electron chi connectivity index (χ4n) is 4.24. The molecule has 0 amide bonds. The lowest BCUT2D eigenvalue weighted by atomic mass is 9.71. The summed E-state index contributed by atoms with van der Waals surface area (Å²) in [5.74, 6) is -1.16. The molecule has 3 aliphatic rings. The van der Waals surface area contributed by atoms with Crippen LogP contribution in [0.15, 0.2) is 47.8 Å². The van der Waals surface area contributed by atoms with Crippen molar-refractivity contribution < 1.29 is 29.0 Å². The monoisotopic (exact) mass is 386 g/mol. The van der Waals surface area contributed by atoms with Crippen LogP contribution in [0.5, 0.6) is 0 Å². The van der Waals surface area contributed by atoms with Gasteiger partial charge in [0.1, 0.15) is 17.6 Å². The predicted molar refractivity (Wildman–Crippen MR) is 102 cm³/mol. The molecule has 1 saturated carbocycles. The summed E-state index contributed by atoms with van der Waals surface area (Å²) in [4.78, 5) is 35.9. The number of carboxylic acids is 1. The first-order valence-electron chi connectivity index (χ1n) is 9.86. The quantitative estimate of drug-likeness (QED) is 0.452. The molecular formula is C22H26O6. The molecule has 1 N–H and O–H groups in total. The molecule has 150 valence electrons. The van der Waals surface area contributed by atoms with Crippen molar-refractivity contribution in [1.29, 1.82) is 0 Å². The highest BCUT2D eigenvalue weighted by atomic mass is 16.5. The molecular weight excluding hydrogens is 360 g/mol. The summed E-state index contributed by atoms with van der Waals surface area (Å²) >= 11 is 0. The second kappa shape index (κ2) is 9.04.